The minimum absolute atomic E-state index is 0.0411. The molecule has 0 saturated heterocycles. The van der Waals surface area contributed by atoms with Crippen LogP contribution in [0.2, 0.25) is 0 Å². The molecule has 6 heteroatoms. The van der Waals surface area contributed by atoms with E-state index < -0.39 is 0 Å². The maximum atomic E-state index is 12.2. The van der Waals surface area contributed by atoms with E-state index in [4.69, 9.17) is 0 Å². The van der Waals surface area contributed by atoms with Crippen LogP contribution in [-0.2, 0) is 4.79 Å². The summed E-state index contributed by atoms with van der Waals surface area (Å²) in [5, 5.41) is 5.93. The fourth-order valence-corrected chi connectivity index (χ4v) is 3.88. The standard InChI is InChI=1S/C20H21BrN2O2S/c21-15-7-11-18(12-8-15)26-13-19(24)22-17-9-5-14(6-10-17)20(25)23-16-3-1-2-4-16/h5-12,16H,1-4,13H2,(H,22,24)(H,23,25). The summed E-state index contributed by atoms with van der Waals surface area (Å²) < 4.78 is 1.02. The third kappa shape index (κ3) is 5.61. The molecule has 136 valence electrons. The van der Waals surface area contributed by atoms with Gasteiger partial charge in [0.1, 0.15) is 0 Å². The van der Waals surface area contributed by atoms with Crippen molar-refractivity contribution in [1.29, 1.82) is 0 Å². The van der Waals surface area contributed by atoms with E-state index in [1.54, 1.807) is 24.3 Å². The Morgan fingerprint density at radius 2 is 1.65 bits per heavy atom. The van der Waals surface area contributed by atoms with Crippen molar-refractivity contribution in [2.24, 2.45) is 0 Å². The third-order valence-electron chi connectivity index (χ3n) is 4.30. The van der Waals surface area contributed by atoms with Crippen molar-refractivity contribution in [3.8, 4) is 0 Å². The third-order valence-corrected chi connectivity index (χ3v) is 5.85. The Bertz CT molecular complexity index is 756. The first-order valence-corrected chi connectivity index (χ1v) is 10.5. The summed E-state index contributed by atoms with van der Waals surface area (Å²) in [4.78, 5) is 25.3. The van der Waals surface area contributed by atoms with Gasteiger partial charge in [0.05, 0.1) is 5.75 Å². The highest BCUT2D eigenvalue weighted by Gasteiger charge is 2.17. The normalized spacial score (nSPS) is 14.2. The summed E-state index contributed by atoms with van der Waals surface area (Å²) in [6.07, 6.45) is 4.51. The second kappa shape index (κ2) is 9.24. The highest BCUT2D eigenvalue weighted by molar-refractivity contribution is 9.10. The number of carbonyl (C=O) groups excluding carboxylic acids is 2. The molecule has 0 aromatic heterocycles. The lowest BCUT2D eigenvalue weighted by Gasteiger charge is -2.12. The number of amides is 2. The van der Waals surface area contributed by atoms with Crippen molar-refractivity contribution < 1.29 is 9.59 Å². The monoisotopic (exact) mass is 432 g/mol. The average Bonchev–Trinajstić information content (AvgIpc) is 3.15. The van der Waals surface area contributed by atoms with E-state index in [0.717, 1.165) is 22.2 Å². The van der Waals surface area contributed by atoms with Crippen LogP contribution in [0.4, 0.5) is 5.69 Å². The molecule has 0 bridgehead atoms. The predicted molar refractivity (Wildman–Crippen MR) is 110 cm³/mol. The molecule has 2 aromatic rings. The van der Waals surface area contributed by atoms with Gasteiger partial charge < -0.3 is 10.6 Å². The largest absolute Gasteiger partial charge is 0.349 e. The molecule has 26 heavy (non-hydrogen) atoms. The molecule has 0 heterocycles. The number of hydrogen-bond acceptors (Lipinski definition) is 3. The van der Waals surface area contributed by atoms with Crippen LogP contribution >= 0.6 is 27.7 Å². The van der Waals surface area contributed by atoms with Gasteiger partial charge in [0.2, 0.25) is 5.91 Å². The van der Waals surface area contributed by atoms with Gasteiger partial charge in [-0.2, -0.15) is 0 Å². The zero-order chi connectivity index (χ0) is 18.4. The van der Waals surface area contributed by atoms with Crippen molar-refractivity contribution in [1.82, 2.24) is 5.32 Å². The molecule has 4 nitrogen and oxygen atoms in total. The molecule has 1 fully saturated rings. The van der Waals surface area contributed by atoms with E-state index in [-0.39, 0.29) is 11.8 Å². The highest BCUT2D eigenvalue weighted by Crippen LogP contribution is 2.21. The van der Waals surface area contributed by atoms with Gasteiger partial charge in [-0.25, -0.2) is 0 Å². The van der Waals surface area contributed by atoms with Crippen LogP contribution in [0.1, 0.15) is 36.0 Å². The molecule has 1 aliphatic rings. The van der Waals surface area contributed by atoms with Gasteiger partial charge >= 0.3 is 0 Å². The molecule has 2 amide bonds. The molecule has 0 unspecified atom stereocenters. The Morgan fingerprint density at radius 1 is 1.00 bits per heavy atom. The van der Waals surface area contributed by atoms with Crippen LogP contribution < -0.4 is 10.6 Å². The smallest absolute Gasteiger partial charge is 0.251 e. The molecule has 3 rings (SSSR count). The molecule has 0 atom stereocenters. The van der Waals surface area contributed by atoms with Crippen molar-refractivity contribution in [2.75, 3.05) is 11.1 Å². The lowest BCUT2D eigenvalue weighted by Crippen LogP contribution is -2.32. The van der Waals surface area contributed by atoms with E-state index >= 15 is 0 Å². The van der Waals surface area contributed by atoms with Crippen LogP contribution in [-0.4, -0.2) is 23.6 Å². The van der Waals surface area contributed by atoms with Crippen LogP contribution in [0.15, 0.2) is 57.9 Å². The molecule has 0 spiro atoms. The van der Waals surface area contributed by atoms with Crippen molar-refractivity contribution in [3.63, 3.8) is 0 Å². The number of halogens is 1. The summed E-state index contributed by atoms with van der Waals surface area (Å²) >= 11 is 4.88. The fraction of sp³-hybridized carbons (Fsp3) is 0.300. The van der Waals surface area contributed by atoms with E-state index in [1.165, 1.54) is 24.6 Å². The maximum absolute atomic E-state index is 12.2. The van der Waals surface area contributed by atoms with Gasteiger partial charge in [0.25, 0.3) is 5.91 Å². The SMILES string of the molecule is O=C(CSc1ccc(Br)cc1)Nc1ccc(C(=O)NC2CCCC2)cc1. The van der Waals surface area contributed by atoms with E-state index in [9.17, 15) is 9.59 Å². The number of carbonyl (C=O) groups is 2. The summed E-state index contributed by atoms with van der Waals surface area (Å²) in [6, 6.07) is 15.2. The van der Waals surface area contributed by atoms with Gasteiger partial charge in [0, 0.05) is 26.7 Å². The Kier molecular flexibility index (Phi) is 6.74. The minimum Gasteiger partial charge on any atom is -0.349 e. The first-order chi connectivity index (χ1) is 12.6. The Hall–Kier alpha value is -1.79. The van der Waals surface area contributed by atoms with Crippen molar-refractivity contribution >= 4 is 45.2 Å². The Balaban J connectivity index is 1.47. The second-order valence-electron chi connectivity index (χ2n) is 6.32. The lowest BCUT2D eigenvalue weighted by atomic mass is 10.1. The first-order valence-electron chi connectivity index (χ1n) is 8.69. The van der Waals surface area contributed by atoms with Crippen LogP contribution in [0.25, 0.3) is 0 Å². The molecular weight excluding hydrogens is 412 g/mol. The summed E-state index contributed by atoms with van der Waals surface area (Å²) in [5.74, 6) is 0.229. The van der Waals surface area contributed by atoms with Crippen LogP contribution in [0.5, 0.6) is 0 Å². The summed E-state index contributed by atoms with van der Waals surface area (Å²) in [5.41, 5.74) is 1.32. The minimum atomic E-state index is -0.0684. The first kappa shape index (κ1) is 19.0. The van der Waals surface area contributed by atoms with Gasteiger partial charge in [-0.15, -0.1) is 11.8 Å². The molecule has 1 aliphatic carbocycles. The van der Waals surface area contributed by atoms with Crippen molar-refractivity contribution in [3.05, 3.63) is 58.6 Å². The second-order valence-corrected chi connectivity index (χ2v) is 8.29. The van der Waals surface area contributed by atoms with E-state index in [1.807, 2.05) is 24.3 Å². The van der Waals surface area contributed by atoms with E-state index in [0.29, 0.717) is 23.0 Å². The van der Waals surface area contributed by atoms with Gasteiger partial charge in [0.15, 0.2) is 0 Å². The van der Waals surface area contributed by atoms with Gasteiger partial charge in [-0.05, 0) is 61.4 Å². The van der Waals surface area contributed by atoms with Gasteiger partial charge in [-0.3, -0.25) is 9.59 Å². The molecule has 0 radical (unpaired) electrons. The zero-order valence-corrected chi connectivity index (χ0v) is 16.7. The van der Waals surface area contributed by atoms with Gasteiger partial charge in [-0.1, -0.05) is 28.8 Å². The van der Waals surface area contributed by atoms with Crippen molar-refractivity contribution in [2.45, 2.75) is 36.6 Å². The Morgan fingerprint density at radius 3 is 2.31 bits per heavy atom. The molecule has 0 aliphatic heterocycles. The van der Waals surface area contributed by atoms with Crippen LogP contribution in [0.3, 0.4) is 0 Å². The number of rotatable bonds is 6. The fourth-order valence-electron chi connectivity index (χ4n) is 2.92. The molecular formula is C20H21BrN2O2S. The quantitative estimate of drug-likeness (QED) is 0.641. The highest BCUT2D eigenvalue weighted by atomic mass is 79.9. The number of benzene rings is 2. The predicted octanol–water partition coefficient (Wildman–Crippen LogP) is 4.85. The van der Waals surface area contributed by atoms with E-state index in [2.05, 4.69) is 26.6 Å². The molecule has 1 saturated carbocycles. The zero-order valence-electron chi connectivity index (χ0n) is 14.3. The number of thioether (sulfide) groups is 1. The Labute approximate surface area is 166 Å². The number of hydrogen-bond donors (Lipinski definition) is 2. The molecule has 2 N–H and O–H groups in total. The topological polar surface area (TPSA) is 58.2 Å². The van der Waals surface area contributed by atoms with Crippen LogP contribution in [0, 0.1) is 0 Å². The average molecular weight is 433 g/mol. The number of nitrogens with one attached hydrogen (secondary N) is 2. The summed E-state index contributed by atoms with van der Waals surface area (Å²) in [6.45, 7) is 0. The maximum Gasteiger partial charge on any atom is 0.251 e. The molecule has 2 aromatic carbocycles. The number of anilines is 1. The summed E-state index contributed by atoms with van der Waals surface area (Å²) in [7, 11) is 0. The lowest BCUT2D eigenvalue weighted by molar-refractivity contribution is -0.113.